The minimum atomic E-state index is -0.820. The van der Waals surface area contributed by atoms with Crippen molar-refractivity contribution in [2.75, 3.05) is 25.5 Å². The normalized spacial score (nSPS) is 21.6. The van der Waals surface area contributed by atoms with Crippen LogP contribution in [-0.2, 0) is 4.79 Å². The molecule has 124 valence electrons. The molecule has 0 radical (unpaired) electrons. The molecule has 0 spiro atoms. The smallest absolute Gasteiger partial charge is 0.308 e. The maximum Gasteiger partial charge on any atom is 0.308 e. The molecule has 1 N–H and O–H groups in total. The van der Waals surface area contributed by atoms with Gasteiger partial charge in [-0.25, -0.2) is 4.98 Å². The summed E-state index contributed by atoms with van der Waals surface area (Å²) in [4.78, 5) is 33.7. The first-order valence-corrected chi connectivity index (χ1v) is 9.11. The van der Waals surface area contributed by atoms with Gasteiger partial charge >= 0.3 is 5.97 Å². The van der Waals surface area contributed by atoms with Crippen LogP contribution in [0.5, 0.6) is 0 Å². The van der Waals surface area contributed by atoms with Crippen LogP contribution in [-0.4, -0.2) is 53.5 Å². The second-order valence-corrected chi connectivity index (χ2v) is 8.13. The quantitative estimate of drug-likeness (QED) is 0.918. The topological polar surface area (TPSA) is 73.7 Å². The van der Waals surface area contributed by atoms with Gasteiger partial charge in [0.25, 0.3) is 5.91 Å². The van der Waals surface area contributed by atoms with Crippen LogP contribution < -0.4 is 4.90 Å². The van der Waals surface area contributed by atoms with E-state index in [4.69, 9.17) is 0 Å². The van der Waals surface area contributed by atoms with E-state index in [-0.39, 0.29) is 18.5 Å². The highest BCUT2D eigenvalue weighted by atomic mass is 32.1. The summed E-state index contributed by atoms with van der Waals surface area (Å²) in [5.41, 5.74) is 0. The van der Waals surface area contributed by atoms with Gasteiger partial charge in [0.15, 0.2) is 5.13 Å². The van der Waals surface area contributed by atoms with Crippen molar-refractivity contribution in [1.29, 1.82) is 0 Å². The van der Waals surface area contributed by atoms with Gasteiger partial charge in [-0.05, 0) is 25.8 Å². The molecule has 0 saturated carbocycles. The number of likely N-dealkylation sites (tertiary alicyclic amines) is 1. The van der Waals surface area contributed by atoms with E-state index in [1.165, 1.54) is 11.3 Å². The summed E-state index contributed by atoms with van der Waals surface area (Å²) in [6.07, 6.45) is 1.36. The number of aromatic nitrogens is 1. The minimum absolute atomic E-state index is 0.0727. The molecule has 6 nitrogen and oxygen atoms in total. The Hall–Kier alpha value is -1.67. The molecule has 0 bridgehead atoms. The number of carbonyl (C=O) groups is 2. The average molecular weight is 353 g/mol. The number of anilines is 1. The number of hydrogen-bond donors (Lipinski definition) is 1. The fourth-order valence-corrected chi connectivity index (χ4v) is 4.84. The van der Waals surface area contributed by atoms with Crippen molar-refractivity contribution in [1.82, 2.24) is 9.88 Å². The van der Waals surface area contributed by atoms with Crippen molar-refractivity contribution in [3.05, 3.63) is 10.9 Å². The summed E-state index contributed by atoms with van der Waals surface area (Å²) < 4.78 is 1.00. The maximum absolute atomic E-state index is 12.8. The zero-order valence-corrected chi connectivity index (χ0v) is 14.9. The minimum Gasteiger partial charge on any atom is -0.481 e. The first-order valence-electron chi connectivity index (χ1n) is 7.48. The molecule has 0 aliphatic carbocycles. The number of carboxylic acid groups (broad SMARTS) is 1. The molecule has 1 saturated heterocycles. The van der Waals surface area contributed by atoms with E-state index in [1.54, 1.807) is 16.2 Å². The number of amides is 1. The molecular formula is C15H19N3O3S2. The Morgan fingerprint density at radius 2 is 2.09 bits per heavy atom. The molecule has 1 fully saturated rings. The number of carbonyl (C=O) groups excluding carboxylic acids is 1. The maximum atomic E-state index is 12.8. The second kappa shape index (κ2) is 6.09. The Bertz CT molecular complexity index is 721. The van der Waals surface area contributed by atoms with Crippen LogP contribution >= 0.6 is 22.7 Å². The molecule has 2 aromatic heterocycles. The number of thiophene rings is 1. The molecule has 2 unspecified atom stereocenters. The number of rotatable bonds is 3. The van der Waals surface area contributed by atoms with E-state index in [0.29, 0.717) is 11.3 Å². The number of thiazole rings is 1. The highest BCUT2D eigenvalue weighted by Gasteiger charge is 2.33. The molecule has 2 atom stereocenters. The van der Waals surface area contributed by atoms with E-state index in [1.807, 2.05) is 32.0 Å². The standard InChI is InChI=1S/C15H19N3O3S2/c1-8-4-5-9(14(20)21)7-18(8)13(19)11-6-10-12(22-11)16-15(23-10)17(2)3/h6,8-9H,4-5,7H2,1-3H3,(H,20,21). The van der Waals surface area contributed by atoms with Crippen LogP contribution in [0.4, 0.5) is 5.13 Å². The fourth-order valence-electron chi connectivity index (χ4n) is 2.75. The van der Waals surface area contributed by atoms with Crippen LogP contribution in [0.15, 0.2) is 6.07 Å². The van der Waals surface area contributed by atoms with Crippen molar-refractivity contribution in [3.63, 3.8) is 0 Å². The summed E-state index contributed by atoms with van der Waals surface area (Å²) in [6.45, 7) is 2.27. The monoisotopic (exact) mass is 353 g/mol. The number of fused-ring (bicyclic) bond motifs is 1. The van der Waals surface area contributed by atoms with Crippen LogP contribution in [0.2, 0.25) is 0 Å². The van der Waals surface area contributed by atoms with E-state index >= 15 is 0 Å². The fraction of sp³-hybridized carbons (Fsp3) is 0.533. The molecular weight excluding hydrogens is 334 g/mol. The predicted molar refractivity (Wildman–Crippen MR) is 92.7 cm³/mol. The zero-order valence-electron chi connectivity index (χ0n) is 13.3. The highest BCUT2D eigenvalue weighted by Crippen LogP contribution is 2.35. The van der Waals surface area contributed by atoms with E-state index in [0.717, 1.165) is 21.1 Å². The largest absolute Gasteiger partial charge is 0.481 e. The number of carboxylic acids is 1. The SMILES string of the molecule is CC1CCC(C(=O)O)CN1C(=O)c1cc2sc(N(C)C)nc2s1. The average Bonchev–Trinajstić information content (AvgIpc) is 3.05. The van der Waals surface area contributed by atoms with Crippen LogP contribution in [0.1, 0.15) is 29.4 Å². The molecule has 0 aromatic carbocycles. The summed E-state index contributed by atoms with van der Waals surface area (Å²) in [5.74, 6) is -1.36. The van der Waals surface area contributed by atoms with E-state index in [2.05, 4.69) is 4.98 Å². The van der Waals surface area contributed by atoms with Gasteiger partial charge in [-0.3, -0.25) is 9.59 Å². The molecule has 3 rings (SSSR count). The lowest BCUT2D eigenvalue weighted by atomic mass is 9.93. The van der Waals surface area contributed by atoms with Gasteiger partial charge in [-0.1, -0.05) is 11.3 Å². The van der Waals surface area contributed by atoms with Gasteiger partial charge < -0.3 is 14.9 Å². The van der Waals surface area contributed by atoms with Gasteiger partial charge in [0.2, 0.25) is 0 Å². The summed E-state index contributed by atoms with van der Waals surface area (Å²) in [7, 11) is 3.88. The van der Waals surface area contributed by atoms with Gasteiger partial charge in [-0.2, -0.15) is 0 Å². The van der Waals surface area contributed by atoms with Gasteiger partial charge in [0.1, 0.15) is 4.83 Å². The third-order valence-corrected chi connectivity index (χ3v) is 6.48. The number of hydrogen-bond acceptors (Lipinski definition) is 6. The third kappa shape index (κ3) is 3.05. The van der Waals surface area contributed by atoms with E-state index in [9.17, 15) is 14.7 Å². The van der Waals surface area contributed by atoms with Crippen molar-refractivity contribution in [2.24, 2.45) is 5.92 Å². The van der Waals surface area contributed by atoms with Gasteiger partial charge in [-0.15, -0.1) is 11.3 Å². The Kier molecular flexibility index (Phi) is 4.29. The number of aliphatic carboxylic acids is 1. The molecule has 8 heteroatoms. The summed E-state index contributed by atoms with van der Waals surface area (Å²) >= 11 is 2.94. The lowest BCUT2D eigenvalue weighted by Gasteiger charge is -2.36. The summed E-state index contributed by atoms with van der Waals surface area (Å²) in [6, 6.07) is 1.95. The van der Waals surface area contributed by atoms with Gasteiger partial charge in [0.05, 0.1) is 15.5 Å². The molecule has 1 aliphatic heterocycles. The predicted octanol–water partition coefficient (Wildman–Crippen LogP) is 2.75. The van der Waals surface area contributed by atoms with Gasteiger partial charge in [0, 0.05) is 26.7 Å². The first kappa shape index (κ1) is 16.2. The Labute approximate surface area is 142 Å². The number of nitrogens with zero attached hydrogens (tertiary/aromatic N) is 3. The second-order valence-electron chi connectivity index (χ2n) is 6.09. The Morgan fingerprint density at radius 3 is 2.70 bits per heavy atom. The highest BCUT2D eigenvalue weighted by molar-refractivity contribution is 7.29. The van der Waals surface area contributed by atoms with Crippen molar-refractivity contribution < 1.29 is 14.7 Å². The lowest BCUT2D eigenvalue weighted by Crippen LogP contribution is -2.47. The molecule has 1 amide bonds. The summed E-state index contributed by atoms with van der Waals surface area (Å²) in [5, 5.41) is 10.1. The molecule has 23 heavy (non-hydrogen) atoms. The number of piperidine rings is 1. The molecule has 2 aromatic rings. The lowest BCUT2D eigenvalue weighted by molar-refractivity contribution is -0.143. The van der Waals surface area contributed by atoms with Crippen molar-refractivity contribution in [2.45, 2.75) is 25.8 Å². The molecule has 3 heterocycles. The van der Waals surface area contributed by atoms with Crippen LogP contribution in [0.25, 0.3) is 9.53 Å². The van der Waals surface area contributed by atoms with E-state index < -0.39 is 11.9 Å². The van der Waals surface area contributed by atoms with Crippen LogP contribution in [0.3, 0.4) is 0 Å². The molecule has 1 aliphatic rings. The van der Waals surface area contributed by atoms with Crippen molar-refractivity contribution in [3.8, 4) is 0 Å². The third-order valence-electron chi connectivity index (χ3n) is 4.16. The zero-order chi connectivity index (χ0) is 16.7. The van der Waals surface area contributed by atoms with Crippen molar-refractivity contribution >= 4 is 49.2 Å². The van der Waals surface area contributed by atoms with Crippen LogP contribution in [0, 0.1) is 5.92 Å². The Morgan fingerprint density at radius 1 is 1.35 bits per heavy atom. The Balaban J connectivity index is 1.83. The first-order chi connectivity index (χ1) is 10.9.